The van der Waals surface area contributed by atoms with Crippen LogP contribution in [0.4, 0.5) is 42.1 Å². The Bertz CT molecular complexity index is 1440. The van der Waals surface area contributed by atoms with E-state index in [1.807, 2.05) is 0 Å². The van der Waals surface area contributed by atoms with Gasteiger partial charge in [0.15, 0.2) is 0 Å². The Morgan fingerprint density at radius 1 is 0.814 bits per heavy atom. The van der Waals surface area contributed by atoms with Gasteiger partial charge in [-0.3, -0.25) is 0 Å². The van der Waals surface area contributed by atoms with Crippen LogP contribution < -0.4 is 20.9 Å². The first kappa shape index (κ1) is 32.8. The molecule has 3 aromatic carbocycles. The lowest BCUT2D eigenvalue weighted by Gasteiger charge is -2.28. The Labute approximate surface area is 240 Å². The maximum absolute atomic E-state index is 13.3. The van der Waals surface area contributed by atoms with Gasteiger partial charge in [-0.1, -0.05) is 18.2 Å². The van der Waals surface area contributed by atoms with E-state index >= 15 is 0 Å². The summed E-state index contributed by atoms with van der Waals surface area (Å²) in [6, 6.07) is 16.1. The van der Waals surface area contributed by atoms with Crippen molar-refractivity contribution in [3.05, 3.63) is 89.5 Å². The summed E-state index contributed by atoms with van der Waals surface area (Å²) in [7, 11) is 0. The molecule has 0 aliphatic carbocycles. The van der Waals surface area contributed by atoms with Crippen LogP contribution in [0.5, 0.6) is 11.5 Å². The minimum absolute atomic E-state index is 0.0386. The number of carbonyl (C=O) groups excluding carboxylic acids is 2. The van der Waals surface area contributed by atoms with E-state index in [1.165, 1.54) is 48.6 Å². The summed E-state index contributed by atoms with van der Waals surface area (Å²) < 4.78 is 105. The molecular weight excluding hydrogens is 589 g/mol. The molecule has 3 aromatic rings. The summed E-state index contributed by atoms with van der Waals surface area (Å²) in [4.78, 5) is 24.4. The Hall–Kier alpha value is -4.75. The summed E-state index contributed by atoms with van der Waals surface area (Å²) in [6.07, 6.45) is -6.22. The summed E-state index contributed by atoms with van der Waals surface area (Å²) in [5.74, 6) is -12.6. The molecular formula is C29H25F7N2O5. The van der Waals surface area contributed by atoms with Crippen molar-refractivity contribution in [2.24, 2.45) is 0 Å². The number of nitrogen functional groups attached to an aromatic ring is 2. The first-order valence-electron chi connectivity index (χ1n) is 12.5. The summed E-state index contributed by atoms with van der Waals surface area (Å²) in [5.41, 5.74) is 13.6. The predicted octanol–water partition coefficient (Wildman–Crippen LogP) is 6.82. The fourth-order valence-corrected chi connectivity index (χ4v) is 3.45. The first-order valence-corrected chi connectivity index (χ1v) is 12.5. The van der Waals surface area contributed by atoms with Crippen molar-refractivity contribution in [3.8, 4) is 11.5 Å². The number of carbonyl (C=O) groups is 2. The van der Waals surface area contributed by atoms with Gasteiger partial charge < -0.3 is 25.7 Å². The van der Waals surface area contributed by atoms with E-state index in [9.17, 15) is 40.3 Å². The molecule has 0 unspecified atom stereocenters. The number of alkyl halides is 7. The van der Waals surface area contributed by atoms with Gasteiger partial charge in [0, 0.05) is 29.4 Å². The van der Waals surface area contributed by atoms with Gasteiger partial charge in [-0.15, -0.1) is 0 Å². The van der Waals surface area contributed by atoms with E-state index in [0.29, 0.717) is 22.5 Å². The largest absolute Gasteiger partial charge is 0.494 e. The summed E-state index contributed by atoms with van der Waals surface area (Å²) in [6.45, 7) is -0.605. The summed E-state index contributed by atoms with van der Waals surface area (Å²) >= 11 is 0. The van der Waals surface area contributed by atoms with Crippen molar-refractivity contribution in [1.29, 1.82) is 0 Å². The van der Waals surface area contributed by atoms with E-state index in [4.69, 9.17) is 25.7 Å². The number of halogens is 7. The number of hydrogen-bond donors (Lipinski definition) is 2. The highest BCUT2D eigenvalue weighted by atomic mass is 19.4. The molecule has 0 aliphatic heterocycles. The van der Waals surface area contributed by atoms with Gasteiger partial charge in [0.25, 0.3) is 0 Å². The van der Waals surface area contributed by atoms with Crippen LogP contribution >= 0.6 is 0 Å². The van der Waals surface area contributed by atoms with Crippen LogP contribution in [0.3, 0.4) is 0 Å². The second-order valence-corrected chi connectivity index (χ2v) is 9.11. The lowest BCUT2D eigenvalue weighted by Crippen LogP contribution is -2.51. The fraction of sp³-hybridized carbons (Fsp3) is 0.241. The molecule has 0 heterocycles. The SMILES string of the molecule is Nc1ccc(COC(=O)/C=C/c2ccc(OC(=O)c3ccc(OCCCC(F)(F)C(F)(F)C(F)(F)F)cc3)cc2)c(N)c1. The maximum atomic E-state index is 13.3. The quantitative estimate of drug-likeness (QED) is 0.0575. The molecule has 7 nitrogen and oxygen atoms in total. The zero-order valence-corrected chi connectivity index (χ0v) is 22.2. The number of ether oxygens (including phenoxy) is 3. The molecule has 0 aliphatic rings. The standard InChI is InChI=1S/C29H25F7N2O5/c30-27(31,28(32,33)29(34,35)36)14-1-15-41-22-11-6-19(7-12-22)26(40)43-23-9-2-18(3-10-23)4-13-25(39)42-17-20-5-8-21(37)16-24(20)38/h2-13,16H,1,14-15,17,37-38H2/b13-4+. The normalized spacial score (nSPS) is 12.3. The second kappa shape index (κ2) is 13.5. The van der Waals surface area contributed by atoms with Crippen molar-refractivity contribution in [3.63, 3.8) is 0 Å². The van der Waals surface area contributed by atoms with Crippen LogP contribution in [0.25, 0.3) is 6.08 Å². The zero-order chi connectivity index (χ0) is 31.8. The fourth-order valence-electron chi connectivity index (χ4n) is 3.45. The van der Waals surface area contributed by atoms with Gasteiger partial charge in [0.2, 0.25) is 0 Å². The molecule has 0 saturated carbocycles. The van der Waals surface area contributed by atoms with Gasteiger partial charge >= 0.3 is 30.0 Å². The number of hydrogen-bond acceptors (Lipinski definition) is 7. The van der Waals surface area contributed by atoms with Crippen molar-refractivity contribution >= 4 is 29.4 Å². The lowest BCUT2D eigenvalue weighted by molar-refractivity contribution is -0.355. The van der Waals surface area contributed by atoms with E-state index in [2.05, 4.69) is 0 Å². The number of esters is 2. The Morgan fingerprint density at radius 2 is 1.44 bits per heavy atom. The molecule has 14 heteroatoms. The minimum atomic E-state index is -6.38. The van der Waals surface area contributed by atoms with Crippen LogP contribution in [-0.4, -0.2) is 36.6 Å². The molecule has 43 heavy (non-hydrogen) atoms. The van der Waals surface area contributed by atoms with Crippen LogP contribution in [0.15, 0.2) is 72.8 Å². The third-order valence-corrected chi connectivity index (χ3v) is 5.85. The predicted molar refractivity (Wildman–Crippen MR) is 143 cm³/mol. The highest BCUT2D eigenvalue weighted by Crippen LogP contribution is 2.48. The molecule has 230 valence electrons. The molecule has 0 fully saturated rings. The molecule has 0 atom stereocenters. The topological polar surface area (TPSA) is 114 Å². The molecule has 0 aromatic heterocycles. The van der Waals surface area contributed by atoms with Crippen LogP contribution in [0, 0.1) is 0 Å². The van der Waals surface area contributed by atoms with Gasteiger partial charge in [-0.2, -0.15) is 30.7 Å². The van der Waals surface area contributed by atoms with E-state index < -0.39 is 49.4 Å². The Morgan fingerprint density at radius 3 is 2.05 bits per heavy atom. The van der Waals surface area contributed by atoms with E-state index in [1.54, 1.807) is 30.3 Å². The number of rotatable bonds is 12. The Balaban J connectivity index is 1.44. The number of nitrogens with two attached hydrogens (primary N) is 2. The molecule has 0 saturated heterocycles. The molecule has 0 spiro atoms. The lowest BCUT2D eigenvalue weighted by atomic mass is 10.1. The van der Waals surface area contributed by atoms with Crippen molar-refractivity contribution in [2.45, 2.75) is 37.5 Å². The molecule has 0 radical (unpaired) electrons. The molecule has 4 N–H and O–H groups in total. The van der Waals surface area contributed by atoms with Gasteiger partial charge in [-0.25, -0.2) is 9.59 Å². The van der Waals surface area contributed by atoms with E-state index in [-0.39, 0.29) is 23.7 Å². The average Bonchev–Trinajstić information content (AvgIpc) is 2.94. The molecule has 0 bridgehead atoms. The highest BCUT2D eigenvalue weighted by molar-refractivity contribution is 5.91. The van der Waals surface area contributed by atoms with Crippen molar-refractivity contribution < 1.29 is 54.5 Å². The third kappa shape index (κ3) is 8.87. The highest BCUT2D eigenvalue weighted by Gasteiger charge is 2.72. The van der Waals surface area contributed by atoms with Crippen LogP contribution in [0.1, 0.15) is 34.3 Å². The minimum Gasteiger partial charge on any atom is -0.494 e. The smallest absolute Gasteiger partial charge is 0.459 e. The zero-order valence-electron chi connectivity index (χ0n) is 22.2. The number of anilines is 2. The third-order valence-electron chi connectivity index (χ3n) is 5.85. The maximum Gasteiger partial charge on any atom is 0.459 e. The van der Waals surface area contributed by atoms with Crippen LogP contribution in [0.2, 0.25) is 0 Å². The van der Waals surface area contributed by atoms with Crippen molar-refractivity contribution in [1.82, 2.24) is 0 Å². The Kier molecular flexibility index (Phi) is 10.3. The van der Waals surface area contributed by atoms with Crippen molar-refractivity contribution in [2.75, 3.05) is 18.1 Å². The first-order chi connectivity index (χ1) is 20.1. The molecule has 3 rings (SSSR count). The molecule has 0 amide bonds. The summed E-state index contributed by atoms with van der Waals surface area (Å²) in [5, 5.41) is 0. The monoisotopic (exact) mass is 614 g/mol. The van der Waals surface area contributed by atoms with Gasteiger partial charge in [-0.05, 0) is 66.6 Å². The van der Waals surface area contributed by atoms with Crippen LogP contribution in [-0.2, 0) is 16.1 Å². The van der Waals surface area contributed by atoms with Gasteiger partial charge in [0.05, 0.1) is 12.2 Å². The van der Waals surface area contributed by atoms with Gasteiger partial charge in [0.1, 0.15) is 18.1 Å². The number of benzene rings is 3. The second-order valence-electron chi connectivity index (χ2n) is 9.11. The van der Waals surface area contributed by atoms with E-state index in [0.717, 1.165) is 0 Å². The average molecular weight is 615 g/mol.